The number of benzene rings is 1. The molecule has 118 valence electrons. The minimum Gasteiger partial charge on any atom is -0.392 e. The van der Waals surface area contributed by atoms with E-state index in [1.165, 1.54) is 23.4 Å². The number of hydrogen-bond donors (Lipinski definition) is 1. The quantitative estimate of drug-likeness (QED) is 0.898. The summed E-state index contributed by atoms with van der Waals surface area (Å²) >= 11 is 0. The fraction of sp³-hybridized carbons (Fsp3) is 0.571. The Kier molecular flexibility index (Phi) is 4.98. The van der Waals surface area contributed by atoms with Crippen LogP contribution in [-0.2, 0) is 16.6 Å². The van der Waals surface area contributed by atoms with Gasteiger partial charge >= 0.3 is 0 Å². The molecule has 0 radical (unpaired) electrons. The van der Waals surface area contributed by atoms with E-state index in [9.17, 15) is 12.8 Å². The van der Waals surface area contributed by atoms with Gasteiger partial charge in [-0.25, -0.2) is 12.8 Å². The minimum absolute atomic E-state index is 0.0449. The number of nitrogens with zero attached hydrogens (tertiary/aromatic N) is 2. The molecule has 0 atom stereocenters. The number of rotatable bonds is 4. The average Bonchev–Trinajstić information content (AvgIpc) is 2.49. The van der Waals surface area contributed by atoms with Crippen LogP contribution in [0.15, 0.2) is 17.0 Å². The van der Waals surface area contributed by atoms with Gasteiger partial charge in [-0.2, -0.15) is 4.31 Å². The second-order valence-electron chi connectivity index (χ2n) is 5.20. The molecule has 1 aromatic carbocycles. The molecule has 1 fully saturated rings. The van der Waals surface area contributed by atoms with E-state index in [-0.39, 0.29) is 22.6 Å². The van der Waals surface area contributed by atoms with E-state index in [0.29, 0.717) is 26.2 Å². The van der Waals surface area contributed by atoms with Gasteiger partial charge in [0.25, 0.3) is 0 Å². The van der Waals surface area contributed by atoms with E-state index in [2.05, 4.69) is 4.90 Å². The highest BCUT2D eigenvalue weighted by Gasteiger charge is 2.30. The first-order valence-electron chi connectivity index (χ1n) is 7.02. The van der Waals surface area contributed by atoms with Crippen molar-refractivity contribution in [3.8, 4) is 0 Å². The van der Waals surface area contributed by atoms with Gasteiger partial charge in [0.2, 0.25) is 10.0 Å². The molecule has 1 saturated heterocycles. The third-order valence-electron chi connectivity index (χ3n) is 3.94. The van der Waals surface area contributed by atoms with Crippen LogP contribution in [0.1, 0.15) is 18.1 Å². The summed E-state index contributed by atoms with van der Waals surface area (Å²) in [6.45, 7) is 6.15. The van der Waals surface area contributed by atoms with Crippen LogP contribution in [0.5, 0.6) is 0 Å². The topological polar surface area (TPSA) is 60.9 Å². The van der Waals surface area contributed by atoms with Gasteiger partial charge in [-0.05, 0) is 31.2 Å². The van der Waals surface area contributed by atoms with Gasteiger partial charge in [-0.3, -0.25) is 0 Å². The summed E-state index contributed by atoms with van der Waals surface area (Å²) in [5.74, 6) is -0.604. The first-order chi connectivity index (χ1) is 9.90. The lowest BCUT2D eigenvalue weighted by molar-refractivity contribution is 0.196. The maximum Gasteiger partial charge on any atom is 0.243 e. The van der Waals surface area contributed by atoms with E-state index >= 15 is 0 Å². The van der Waals surface area contributed by atoms with Gasteiger partial charge < -0.3 is 10.0 Å². The molecule has 21 heavy (non-hydrogen) atoms. The molecule has 1 heterocycles. The van der Waals surface area contributed by atoms with Crippen molar-refractivity contribution in [1.82, 2.24) is 9.21 Å². The van der Waals surface area contributed by atoms with Crippen molar-refractivity contribution in [2.75, 3.05) is 32.7 Å². The van der Waals surface area contributed by atoms with Crippen molar-refractivity contribution >= 4 is 10.0 Å². The van der Waals surface area contributed by atoms with E-state index < -0.39 is 15.8 Å². The second kappa shape index (κ2) is 6.39. The fourth-order valence-corrected chi connectivity index (χ4v) is 4.20. The molecule has 2 rings (SSSR count). The Labute approximate surface area is 125 Å². The highest BCUT2D eigenvalue weighted by Crippen LogP contribution is 2.25. The minimum atomic E-state index is -3.72. The summed E-state index contributed by atoms with van der Waals surface area (Å²) < 4.78 is 40.6. The predicted molar refractivity (Wildman–Crippen MR) is 77.9 cm³/mol. The molecule has 1 aromatic rings. The highest BCUT2D eigenvalue weighted by molar-refractivity contribution is 7.89. The van der Waals surface area contributed by atoms with Crippen LogP contribution in [0.3, 0.4) is 0 Å². The first-order valence-corrected chi connectivity index (χ1v) is 8.46. The lowest BCUT2D eigenvalue weighted by Crippen LogP contribution is -2.48. The van der Waals surface area contributed by atoms with Crippen LogP contribution in [0.4, 0.5) is 4.39 Å². The van der Waals surface area contributed by atoms with Crippen LogP contribution in [-0.4, -0.2) is 55.5 Å². The molecule has 0 spiro atoms. The van der Waals surface area contributed by atoms with Crippen molar-refractivity contribution in [2.45, 2.75) is 25.3 Å². The SMILES string of the molecule is CCN1CCN(S(=O)(=O)c2cc(CO)cc(F)c2C)CC1. The smallest absolute Gasteiger partial charge is 0.243 e. The molecule has 0 amide bonds. The third kappa shape index (κ3) is 3.26. The van der Waals surface area contributed by atoms with Crippen molar-refractivity contribution in [3.63, 3.8) is 0 Å². The van der Waals surface area contributed by atoms with Gasteiger partial charge in [0.05, 0.1) is 11.5 Å². The Morgan fingerprint density at radius 3 is 2.38 bits per heavy atom. The summed E-state index contributed by atoms with van der Waals surface area (Å²) in [4.78, 5) is 2.13. The maximum atomic E-state index is 13.8. The molecular weight excluding hydrogens is 295 g/mol. The van der Waals surface area contributed by atoms with Crippen molar-refractivity contribution in [2.24, 2.45) is 0 Å². The first kappa shape index (κ1) is 16.4. The normalized spacial score (nSPS) is 18.1. The van der Waals surface area contributed by atoms with Gasteiger partial charge in [0.15, 0.2) is 0 Å². The fourth-order valence-electron chi connectivity index (χ4n) is 2.49. The molecule has 0 unspecified atom stereocenters. The molecule has 0 aromatic heterocycles. The van der Waals surface area contributed by atoms with Crippen LogP contribution in [0.25, 0.3) is 0 Å². The Hall–Kier alpha value is -1.02. The third-order valence-corrected chi connectivity index (χ3v) is 5.96. The Morgan fingerprint density at radius 2 is 1.86 bits per heavy atom. The molecule has 5 nitrogen and oxygen atoms in total. The predicted octanol–water partition coefficient (Wildman–Crippen LogP) is 0.953. The lowest BCUT2D eigenvalue weighted by Gasteiger charge is -2.33. The zero-order chi connectivity index (χ0) is 15.6. The van der Waals surface area contributed by atoms with Gasteiger partial charge in [-0.15, -0.1) is 0 Å². The highest BCUT2D eigenvalue weighted by atomic mass is 32.2. The van der Waals surface area contributed by atoms with Crippen molar-refractivity contribution in [1.29, 1.82) is 0 Å². The van der Waals surface area contributed by atoms with E-state index in [4.69, 9.17) is 5.11 Å². The molecule has 0 saturated carbocycles. The monoisotopic (exact) mass is 316 g/mol. The molecule has 1 aliphatic rings. The van der Waals surface area contributed by atoms with Gasteiger partial charge in [0.1, 0.15) is 5.82 Å². The van der Waals surface area contributed by atoms with Gasteiger partial charge in [-0.1, -0.05) is 6.92 Å². The molecule has 0 bridgehead atoms. The molecule has 1 aliphatic heterocycles. The number of piperazine rings is 1. The van der Waals surface area contributed by atoms with Crippen molar-refractivity contribution < 1.29 is 17.9 Å². The number of sulfonamides is 1. The Morgan fingerprint density at radius 1 is 1.24 bits per heavy atom. The Bertz CT molecular complexity index is 611. The van der Waals surface area contributed by atoms with E-state index in [1.807, 2.05) is 6.92 Å². The number of likely N-dealkylation sites (N-methyl/N-ethyl adjacent to an activating group) is 1. The summed E-state index contributed by atoms with van der Waals surface area (Å²) in [5.41, 5.74) is 0.369. The zero-order valence-corrected chi connectivity index (χ0v) is 13.2. The van der Waals surface area contributed by atoms with Crippen LogP contribution in [0, 0.1) is 12.7 Å². The zero-order valence-electron chi connectivity index (χ0n) is 12.3. The van der Waals surface area contributed by atoms with E-state index in [0.717, 1.165) is 6.54 Å². The lowest BCUT2D eigenvalue weighted by atomic mass is 10.1. The number of aliphatic hydroxyl groups is 1. The van der Waals surface area contributed by atoms with E-state index in [1.54, 1.807) is 0 Å². The van der Waals surface area contributed by atoms with Crippen molar-refractivity contribution in [3.05, 3.63) is 29.1 Å². The summed E-state index contributed by atoms with van der Waals surface area (Å²) in [6.07, 6.45) is 0. The van der Waals surface area contributed by atoms with Crippen LogP contribution in [0.2, 0.25) is 0 Å². The average molecular weight is 316 g/mol. The van der Waals surface area contributed by atoms with Crippen LogP contribution >= 0.6 is 0 Å². The standard InChI is InChI=1S/C14H21FN2O3S/c1-3-16-4-6-17(7-5-16)21(19,20)14-9-12(10-18)8-13(15)11(14)2/h8-9,18H,3-7,10H2,1-2H3. The molecular formula is C14H21FN2O3S. The van der Waals surface area contributed by atoms with Crippen LogP contribution < -0.4 is 0 Å². The molecule has 7 heteroatoms. The molecule has 1 N–H and O–H groups in total. The summed E-state index contributed by atoms with van der Waals surface area (Å²) in [5, 5.41) is 9.14. The largest absolute Gasteiger partial charge is 0.392 e. The summed E-state index contributed by atoms with van der Waals surface area (Å²) in [6, 6.07) is 2.53. The second-order valence-corrected chi connectivity index (χ2v) is 7.10. The summed E-state index contributed by atoms with van der Waals surface area (Å²) in [7, 11) is -3.72. The number of hydrogen-bond acceptors (Lipinski definition) is 4. The van der Waals surface area contributed by atoms with Gasteiger partial charge in [0, 0.05) is 31.7 Å². The number of halogens is 1. The Balaban J connectivity index is 2.34. The maximum absolute atomic E-state index is 13.8. The number of aliphatic hydroxyl groups excluding tert-OH is 1. The molecule has 0 aliphatic carbocycles.